The molecular formula is C15H24N2O3S. The van der Waals surface area contributed by atoms with Crippen LogP contribution in [0.5, 0.6) is 0 Å². The van der Waals surface area contributed by atoms with Crippen molar-refractivity contribution in [1.29, 1.82) is 0 Å². The van der Waals surface area contributed by atoms with Crippen LogP contribution in [-0.4, -0.2) is 54.8 Å². The lowest BCUT2D eigenvalue weighted by Gasteiger charge is -2.29. The number of carbonyl (C=O) groups excluding carboxylic acids is 1. The molecule has 118 valence electrons. The molecule has 1 aromatic rings. The summed E-state index contributed by atoms with van der Waals surface area (Å²) >= 11 is 1.57. The second-order valence-electron chi connectivity index (χ2n) is 5.77. The Morgan fingerprint density at radius 3 is 2.90 bits per heavy atom. The number of nitrogens with one attached hydrogen (secondary N) is 1. The molecule has 1 amide bonds. The summed E-state index contributed by atoms with van der Waals surface area (Å²) in [7, 11) is 0. The molecule has 2 atom stereocenters. The third-order valence-corrected chi connectivity index (χ3v) is 4.47. The van der Waals surface area contributed by atoms with E-state index in [1.165, 1.54) is 0 Å². The number of nitrogens with zero attached hydrogens (tertiary/aromatic N) is 1. The Bertz CT molecular complexity index is 442. The summed E-state index contributed by atoms with van der Waals surface area (Å²) in [5, 5.41) is 17.6. The van der Waals surface area contributed by atoms with Crippen LogP contribution < -0.4 is 5.32 Å². The van der Waals surface area contributed by atoms with Gasteiger partial charge in [-0.3, -0.25) is 4.79 Å². The van der Waals surface area contributed by atoms with Crippen LogP contribution in [0.4, 0.5) is 0 Å². The Hall–Kier alpha value is -0.950. The minimum absolute atomic E-state index is 0.0328. The molecule has 1 aliphatic heterocycles. The molecule has 2 rings (SSSR count). The highest BCUT2D eigenvalue weighted by Gasteiger charge is 2.25. The minimum atomic E-state index is -0.906. The average Bonchev–Trinajstić information content (AvgIpc) is 3.01. The second kappa shape index (κ2) is 7.35. The van der Waals surface area contributed by atoms with E-state index >= 15 is 0 Å². The van der Waals surface area contributed by atoms with E-state index in [2.05, 4.69) is 5.32 Å². The van der Waals surface area contributed by atoms with E-state index in [4.69, 9.17) is 4.74 Å². The number of rotatable bonds is 6. The quantitative estimate of drug-likeness (QED) is 0.828. The normalized spacial score (nSPS) is 20.0. The van der Waals surface area contributed by atoms with Gasteiger partial charge < -0.3 is 20.1 Å². The van der Waals surface area contributed by atoms with Gasteiger partial charge in [0.2, 0.25) is 5.91 Å². The Morgan fingerprint density at radius 1 is 1.57 bits per heavy atom. The highest BCUT2D eigenvalue weighted by molar-refractivity contribution is 7.08. The summed E-state index contributed by atoms with van der Waals surface area (Å²) in [6.07, 6.45) is 0.444. The molecule has 1 fully saturated rings. The van der Waals surface area contributed by atoms with E-state index in [-0.39, 0.29) is 11.9 Å². The minimum Gasteiger partial charge on any atom is -0.384 e. The number of amides is 1. The molecule has 2 heterocycles. The van der Waals surface area contributed by atoms with Gasteiger partial charge >= 0.3 is 0 Å². The Labute approximate surface area is 129 Å². The second-order valence-corrected chi connectivity index (χ2v) is 6.55. The monoisotopic (exact) mass is 312 g/mol. The summed E-state index contributed by atoms with van der Waals surface area (Å²) in [5.41, 5.74) is 0.00251. The molecule has 0 spiro atoms. The van der Waals surface area contributed by atoms with Crippen molar-refractivity contribution in [1.82, 2.24) is 10.2 Å². The maximum Gasteiger partial charge on any atom is 0.224 e. The predicted octanol–water partition coefficient (Wildman–Crippen LogP) is 1.18. The molecule has 0 aromatic carbocycles. The Morgan fingerprint density at radius 2 is 2.29 bits per heavy atom. The van der Waals surface area contributed by atoms with Crippen molar-refractivity contribution in [3.63, 3.8) is 0 Å². The van der Waals surface area contributed by atoms with Gasteiger partial charge in [-0.2, -0.15) is 11.3 Å². The van der Waals surface area contributed by atoms with Gasteiger partial charge in [-0.1, -0.05) is 0 Å². The molecule has 0 bridgehead atoms. The van der Waals surface area contributed by atoms with Crippen molar-refractivity contribution >= 4 is 17.2 Å². The molecule has 5 nitrogen and oxygen atoms in total. The van der Waals surface area contributed by atoms with Crippen LogP contribution in [0.2, 0.25) is 0 Å². The van der Waals surface area contributed by atoms with Crippen molar-refractivity contribution in [3.05, 3.63) is 22.4 Å². The summed E-state index contributed by atoms with van der Waals surface area (Å²) in [6, 6.07) is 1.96. The number of ether oxygens (including phenoxy) is 1. The highest BCUT2D eigenvalue weighted by Crippen LogP contribution is 2.22. The Kier molecular flexibility index (Phi) is 5.75. The molecule has 1 saturated heterocycles. The van der Waals surface area contributed by atoms with Gasteiger partial charge in [-0.15, -0.1) is 0 Å². The fraction of sp³-hybridized carbons (Fsp3) is 0.667. The van der Waals surface area contributed by atoms with Crippen LogP contribution in [0.3, 0.4) is 0 Å². The molecule has 2 N–H and O–H groups in total. The van der Waals surface area contributed by atoms with Crippen molar-refractivity contribution in [2.24, 2.45) is 0 Å². The maximum atomic E-state index is 12.1. The van der Waals surface area contributed by atoms with Gasteiger partial charge in [0.25, 0.3) is 0 Å². The summed E-state index contributed by atoms with van der Waals surface area (Å²) in [5.74, 6) is 0.147. The standard InChI is InChI=1S/C15H24N2O3S/c1-12(9-14(18)17-4-6-20-7-5-17)16-11-15(2,19)13-3-8-21-10-13/h3,8,10,12,16,19H,4-7,9,11H2,1-2H3. The zero-order valence-corrected chi connectivity index (χ0v) is 13.5. The maximum absolute atomic E-state index is 12.1. The number of hydrogen-bond donors (Lipinski definition) is 2. The zero-order chi connectivity index (χ0) is 15.3. The third-order valence-electron chi connectivity index (χ3n) is 3.78. The van der Waals surface area contributed by atoms with Crippen molar-refractivity contribution in [3.8, 4) is 0 Å². The molecule has 0 saturated carbocycles. The van der Waals surface area contributed by atoms with Crippen LogP contribution in [0.15, 0.2) is 16.8 Å². The van der Waals surface area contributed by atoms with E-state index in [0.717, 1.165) is 5.56 Å². The highest BCUT2D eigenvalue weighted by atomic mass is 32.1. The van der Waals surface area contributed by atoms with Gasteiger partial charge in [-0.25, -0.2) is 0 Å². The first-order valence-corrected chi connectivity index (χ1v) is 8.27. The predicted molar refractivity (Wildman–Crippen MR) is 83.4 cm³/mol. The molecule has 1 aromatic heterocycles. The largest absolute Gasteiger partial charge is 0.384 e. The fourth-order valence-corrected chi connectivity index (χ4v) is 3.10. The Balaban J connectivity index is 1.76. The van der Waals surface area contributed by atoms with Gasteiger partial charge in [0.05, 0.1) is 18.8 Å². The van der Waals surface area contributed by atoms with Crippen LogP contribution in [0.25, 0.3) is 0 Å². The molecule has 2 unspecified atom stereocenters. The van der Waals surface area contributed by atoms with Crippen molar-refractivity contribution < 1.29 is 14.6 Å². The number of carbonyl (C=O) groups is 1. The van der Waals surface area contributed by atoms with Gasteiger partial charge in [0.1, 0.15) is 0 Å². The molecular weight excluding hydrogens is 288 g/mol. The first kappa shape index (κ1) is 16.4. The summed E-state index contributed by atoms with van der Waals surface area (Å²) < 4.78 is 5.25. The van der Waals surface area contributed by atoms with E-state index < -0.39 is 5.60 Å². The summed E-state index contributed by atoms with van der Waals surface area (Å²) in [6.45, 7) is 6.80. The average molecular weight is 312 g/mol. The topological polar surface area (TPSA) is 61.8 Å². The number of morpholine rings is 1. The first-order valence-electron chi connectivity index (χ1n) is 7.33. The smallest absolute Gasteiger partial charge is 0.224 e. The lowest BCUT2D eigenvalue weighted by Crippen LogP contribution is -2.45. The number of hydrogen-bond acceptors (Lipinski definition) is 5. The molecule has 6 heteroatoms. The lowest BCUT2D eigenvalue weighted by atomic mass is 9.99. The van der Waals surface area contributed by atoms with E-state index in [1.807, 2.05) is 28.7 Å². The van der Waals surface area contributed by atoms with Crippen LogP contribution in [0.1, 0.15) is 25.8 Å². The lowest BCUT2D eigenvalue weighted by molar-refractivity contribution is -0.135. The number of aliphatic hydroxyl groups is 1. The first-order chi connectivity index (χ1) is 9.99. The van der Waals surface area contributed by atoms with Gasteiger partial charge in [0, 0.05) is 32.1 Å². The van der Waals surface area contributed by atoms with E-state index in [1.54, 1.807) is 18.3 Å². The van der Waals surface area contributed by atoms with Gasteiger partial charge in [0.15, 0.2) is 0 Å². The van der Waals surface area contributed by atoms with Crippen molar-refractivity contribution in [2.45, 2.75) is 31.9 Å². The van der Waals surface area contributed by atoms with Crippen LogP contribution in [-0.2, 0) is 15.1 Å². The molecule has 0 radical (unpaired) electrons. The SMILES string of the molecule is CC(CC(=O)N1CCOCC1)NCC(C)(O)c1ccsc1. The molecule has 0 aliphatic carbocycles. The molecule has 1 aliphatic rings. The van der Waals surface area contributed by atoms with Crippen LogP contribution in [0, 0.1) is 0 Å². The van der Waals surface area contributed by atoms with E-state index in [9.17, 15) is 9.90 Å². The van der Waals surface area contributed by atoms with E-state index in [0.29, 0.717) is 39.3 Å². The third kappa shape index (κ3) is 4.78. The fourth-order valence-electron chi connectivity index (χ4n) is 2.32. The molecule has 21 heavy (non-hydrogen) atoms. The van der Waals surface area contributed by atoms with Crippen LogP contribution >= 0.6 is 11.3 Å². The van der Waals surface area contributed by atoms with Crippen molar-refractivity contribution in [2.75, 3.05) is 32.8 Å². The van der Waals surface area contributed by atoms with Gasteiger partial charge in [-0.05, 0) is 36.2 Å². The number of thiophene rings is 1. The zero-order valence-electron chi connectivity index (χ0n) is 12.7. The summed E-state index contributed by atoms with van der Waals surface area (Å²) in [4.78, 5) is 14.0.